The Labute approximate surface area is 142 Å². The lowest BCUT2D eigenvalue weighted by Crippen LogP contribution is -2.55. The second-order valence-corrected chi connectivity index (χ2v) is 8.43. The summed E-state index contributed by atoms with van der Waals surface area (Å²) in [5.41, 5.74) is 0.382. The first-order valence-corrected chi connectivity index (χ1v) is 9.72. The minimum Gasteiger partial charge on any atom is -0.360 e. The van der Waals surface area contributed by atoms with E-state index in [1.54, 1.807) is 13.8 Å². The van der Waals surface area contributed by atoms with Crippen LogP contribution >= 0.6 is 0 Å². The maximum Gasteiger partial charge on any atom is 0.248 e. The Hall–Kier alpha value is -1.45. The highest BCUT2D eigenvalue weighted by molar-refractivity contribution is 7.89. The number of hydrogen-bond donors (Lipinski definition) is 1. The van der Waals surface area contributed by atoms with Crippen LogP contribution in [-0.4, -0.2) is 66.9 Å². The summed E-state index contributed by atoms with van der Waals surface area (Å²) in [6, 6.07) is 0.0932. The molecule has 0 aromatic carbocycles. The van der Waals surface area contributed by atoms with Crippen molar-refractivity contribution in [1.29, 1.82) is 0 Å². The van der Waals surface area contributed by atoms with Crippen molar-refractivity contribution in [3.63, 3.8) is 0 Å². The summed E-state index contributed by atoms with van der Waals surface area (Å²) in [5, 5.41) is 6.73. The zero-order valence-electron chi connectivity index (χ0n) is 14.3. The minimum atomic E-state index is -3.61. The van der Waals surface area contributed by atoms with Crippen molar-refractivity contribution in [2.75, 3.05) is 26.2 Å². The first-order chi connectivity index (χ1) is 11.3. The summed E-state index contributed by atoms with van der Waals surface area (Å²) in [6.45, 7) is 6.87. The SMILES string of the molecule is Cc1noc(C)c1S(=O)(=O)N1CCN(C(C)C(=O)NC2CC2)CC1. The molecule has 1 saturated carbocycles. The topological polar surface area (TPSA) is 95.8 Å². The third-order valence-electron chi connectivity index (χ3n) is 4.69. The summed E-state index contributed by atoms with van der Waals surface area (Å²) >= 11 is 0. The molecule has 1 amide bonds. The number of aromatic nitrogens is 1. The van der Waals surface area contributed by atoms with Gasteiger partial charge in [-0.15, -0.1) is 0 Å². The number of nitrogens with one attached hydrogen (secondary N) is 1. The van der Waals surface area contributed by atoms with Crippen molar-refractivity contribution in [2.45, 2.75) is 50.6 Å². The molecule has 24 heavy (non-hydrogen) atoms. The molecule has 134 valence electrons. The van der Waals surface area contributed by atoms with Crippen molar-refractivity contribution >= 4 is 15.9 Å². The maximum atomic E-state index is 12.8. The highest BCUT2D eigenvalue weighted by atomic mass is 32.2. The third-order valence-corrected chi connectivity index (χ3v) is 6.83. The number of aryl methyl sites for hydroxylation is 2. The van der Waals surface area contributed by atoms with Crippen LogP contribution in [-0.2, 0) is 14.8 Å². The molecular formula is C15H24N4O4S. The van der Waals surface area contributed by atoms with E-state index in [0.29, 0.717) is 43.7 Å². The Balaban J connectivity index is 1.63. The number of hydrogen-bond acceptors (Lipinski definition) is 6. The van der Waals surface area contributed by atoms with Gasteiger partial charge in [-0.05, 0) is 33.6 Å². The van der Waals surface area contributed by atoms with Gasteiger partial charge < -0.3 is 9.84 Å². The summed E-state index contributed by atoms with van der Waals surface area (Å²) < 4.78 is 32.0. The van der Waals surface area contributed by atoms with Crippen molar-refractivity contribution in [3.05, 3.63) is 11.5 Å². The summed E-state index contributed by atoms with van der Waals surface area (Å²) in [5.74, 6) is 0.339. The Morgan fingerprint density at radius 3 is 2.38 bits per heavy atom. The van der Waals surface area contributed by atoms with Crippen LogP contribution in [0.25, 0.3) is 0 Å². The van der Waals surface area contributed by atoms with Gasteiger partial charge in [0.15, 0.2) is 5.76 Å². The van der Waals surface area contributed by atoms with E-state index in [2.05, 4.69) is 10.5 Å². The van der Waals surface area contributed by atoms with Crippen molar-refractivity contribution in [1.82, 2.24) is 19.7 Å². The minimum absolute atomic E-state index is 0.0273. The Kier molecular flexibility index (Phi) is 4.67. The summed E-state index contributed by atoms with van der Waals surface area (Å²) in [7, 11) is -3.61. The van der Waals surface area contributed by atoms with E-state index in [1.165, 1.54) is 4.31 Å². The van der Waals surface area contributed by atoms with Gasteiger partial charge in [-0.25, -0.2) is 8.42 Å². The fourth-order valence-electron chi connectivity index (χ4n) is 3.02. The first-order valence-electron chi connectivity index (χ1n) is 8.28. The van der Waals surface area contributed by atoms with Crippen LogP contribution in [0.4, 0.5) is 0 Å². The lowest BCUT2D eigenvalue weighted by Gasteiger charge is -2.36. The van der Waals surface area contributed by atoms with Crippen LogP contribution in [0.2, 0.25) is 0 Å². The highest BCUT2D eigenvalue weighted by Crippen LogP contribution is 2.24. The van der Waals surface area contributed by atoms with Crippen molar-refractivity contribution in [2.24, 2.45) is 0 Å². The summed E-state index contributed by atoms with van der Waals surface area (Å²) in [6.07, 6.45) is 2.11. The highest BCUT2D eigenvalue weighted by Gasteiger charge is 2.35. The largest absolute Gasteiger partial charge is 0.360 e. The lowest BCUT2D eigenvalue weighted by molar-refractivity contribution is -0.126. The van der Waals surface area contributed by atoms with Crippen LogP contribution in [0.3, 0.4) is 0 Å². The number of amides is 1. The molecule has 9 heteroatoms. The molecule has 1 aromatic heterocycles. The Bertz CT molecular complexity index is 698. The van der Waals surface area contributed by atoms with Crippen LogP contribution in [0.15, 0.2) is 9.42 Å². The lowest BCUT2D eigenvalue weighted by atomic mass is 10.2. The standard InChI is InChI=1S/C15H24N4O4S/c1-10-14(12(3)23-17-10)24(21,22)19-8-6-18(7-9-19)11(2)15(20)16-13-4-5-13/h11,13H,4-9H2,1-3H3,(H,16,20). The van der Waals surface area contributed by atoms with E-state index in [0.717, 1.165) is 12.8 Å². The monoisotopic (exact) mass is 356 g/mol. The molecule has 1 aliphatic carbocycles. The average Bonchev–Trinajstić information content (AvgIpc) is 3.29. The number of rotatable bonds is 5. The molecule has 8 nitrogen and oxygen atoms in total. The Morgan fingerprint density at radius 1 is 1.25 bits per heavy atom. The molecule has 0 radical (unpaired) electrons. The zero-order valence-corrected chi connectivity index (χ0v) is 15.1. The molecule has 1 aliphatic heterocycles. The molecule has 3 rings (SSSR count). The van der Waals surface area contributed by atoms with Crippen molar-refractivity contribution < 1.29 is 17.7 Å². The van der Waals surface area contributed by atoms with E-state index >= 15 is 0 Å². The van der Waals surface area contributed by atoms with Gasteiger partial charge in [0.1, 0.15) is 10.6 Å². The van der Waals surface area contributed by atoms with E-state index in [4.69, 9.17) is 4.52 Å². The average molecular weight is 356 g/mol. The molecule has 1 atom stereocenters. The van der Waals surface area contributed by atoms with Gasteiger partial charge in [0.05, 0.1) is 6.04 Å². The summed E-state index contributed by atoms with van der Waals surface area (Å²) in [4.78, 5) is 14.3. The second-order valence-electron chi connectivity index (χ2n) is 6.55. The third kappa shape index (κ3) is 3.33. The molecule has 1 aromatic rings. The molecule has 1 unspecified atom stereocenters. The maximum absolute atomic E-state index is 12.8. The van der Waals surface area contributed by atoms with Gasteiger partial charge in [-0.3, -0.25) is 9.69 Å². The molecule has 2 aliphatic rings. The van der Waals surface area contributed by atoms with Gasteiger partial charge in [0.25, 0.3) is 0 Å². The molecule has 1 N–H and O–H groups in total. The number of piperazine rings is 1. The molecule has 2 fully saturated rings. The predicted octanol–water partition coefficient (Wildman–Crippen LogP) is 0.265. The predicted molar refractivity (Wildman–Crippen MR) is 86.9 cm³/mol. The zero-order chi connectivity index (χ0) is 17.5. The smallest absolute Gasteiger partial charge is 0.248 e. The van der Waals surface area contributed by atoms with Crippen LogP contribution in [0.1, 0.15) is 31.2 Å². The number of nitrogens with zero attached hydrogens (tertiary/aromatic N) is 3. The number of carbonyl (C=O) groups is 1. The first kappa shape index (κ1) is 17.4. The normalized spacial score (nSPS) is 21.6. The van der Waals surface area contributed by atoms with Gasteiger partial charge >= 0.3 is 0 Å². The molecule has 0 bridgehead atoms. The van der Waals surface area contributed by atoms with E-state index < -0.39 is 10.0 Å². The number of sulfonamides is 1. The van der Waals surface area contributed by atoms with Crippen molar-refractivity contribution in [3.8, 4) is 0 Å². The number of carbonyl (C=O) groups excluding carboxylic acids is 1. The quantitative estimate of drug-likeness (QED) is 0.813. The van der Waals surface area contributed by atoms with Gasteiger partial charge in [0.2, 0.25) is 15.9 Å². The van der Waals surface area contributed by atoms with E-state index in [9.17, 15) is 13.2 Å². The second kappa shape index (κ2) is 6.45. The fraction of sp³-hybridized carbons (Fsp3) is 0.733. The Morgan fingerprint density at radius 2 is 1.88 bits per heavy atom. The molecule has 2 heterocycles. The van der Waals surface area contributed by atoms with E-state index in [1.807, 2.05) is 11.8 Å². The van der Waals surface area contributed by atoms with Crippen LogP contribution < -0.4 is 5.32 Å². The van der Waals surface area contributed by atoms with Gasteiger partial charge in [-0.1, -0.05) is 5.16 Å². The molecule has 0 spiro atoms. The molecular weight excluding hydrogens is 332 g/mol. The van der Waals surface area contributed by atoms with Crippen LogP contribution in [0, 0.1) is 13.8 Å². The van der Waals surface area contributed by atoms with Crippen LogP contribution in [0.5, 0.6) is 0 Å². The molecule has 1 saturated heterocycles. The van der Waals surface area contributed by atoms with E-state index in [-0.39, 0.29) is 16.8 Å². The fourth-order valence-corrected chi connectivity index (χ4v) is 4.73. The van der Waals surface area contributed by atoms with Gasteiger partial charge in [-0.2, -0.15) is 4.31 Å². The van der Waals surface area contributed by atoms with Gasteiger partial charge in [0, 0.05) is 32.2 Å².